The molecular weight excluding hydrogens is 236 g/mol. The molecule has 0 radical (unpaired) electrons. The molecule has 0 spiro atoms. The van der Waals surface area contributed by atoms with Crippen LogP contribution in [0, 0.1) is 5.92 Å². The highest BCUT2D eigenvalue weighted by Crippen LogP contribution is 2.34. The van der Waals surface area contributed by atoms with E-state index in [0.717, 1.165) is 29.5 Å². The van der Waals surface area contributed by atoms with Crippen molar-refractivity contribution in [1.82, 2.24) is 14.9 Å². The minimum Gasteiger partial charge on any atom is -0.368 e. The van der Waals surface area contributed by atoms with Gasteiger partial charge in [-0.15, -0.1) is 0 Å². The summed E-state index contributed by atoms with van der Waals surface area (Å²) in [7, 11) is 2.27. The number of para-hydroxylation sites is 1. The van der Waals surface area contributed by atoms with Crippen LogP contribution in [0.1, 0.15) is 12.8 Å². The maximum atomic E-state index is 4.49. The normalized spacial score (nSPS) is 27.9. The van der Waals surface area contributed by atoms with E-state index in [1.54, 1.807) is 6.33 Å². The van der Waals surface area contributed by atoms with E-state index < -0.39 is 0 Å². The fraction of sp³-hybridized carbons (Fsp3) is 0.533. The highest BCUT2D eigenvalue weighted by atomic mass is 15.2. The average Bonchev–Trinajstić information content (AvgIpc) is 3.05. The van der Waals surface area contributed by atoms with E-state index in [9.17, 15) is 0 Å². The number of piperidine rings is 1. The van der Waals surface area contributed by atoms with Gasteiger partial charge in [0.1, 0.15) is 5.52 Å². The van der Waals surface area contributed by atoms with Crippen LogP contribution < -0.4 is 4.90 Å². The lowest BCUT2D eigenvalue weighted by Gasteiger charge is -2.38. The number of aromatic nitrogens is 2. The summed E-state index contributed by atoms with van der Waals surface area (Å²) in [5.41, 5.74) is 3.54. The van der Waals surface area contributed by atoms with Crippen molar-refractivity contribution in [2.24, 2.45) is 5.92 Å². The molecule has 2 fully saturated rings. The quantitative estimate of drug-likeness (QED) is 0.848. The van der Waals surface area contributed by atoms with Crippen molar-refractivity contribution in [1.29, 1.82) is 0 Å². The number of aromatic amines is 1. The Labute approximate surface area is 113 Å². The van der Waals surface area contributed by atoms with E-state index in [0.29, 0.717) is 0 Å². The second-order valence-electron chi connectivity index (χ2n) is 5.91. The van der Waals surface area contributed by atoms with Crippen molar-refractivity contribution in [3.8, 4) is 0 Å². The number of hydrogen-bond acceptors (Lipinski definition) is 3. The van der Waals surface area contributed by atoms with Gasteiger partial charge in [-0.3, -0.25) is 0 Å². The van der Waals surface area contributed by atoms with Gasteiger partial charge in [0, 0.05) is 19.1 Å². The molecule has 100 valence electrons. The molecule has 4 rings (SSSR count). The van der Waals surface area contributed by atoms with Crippen LogP contribution in [0.4, 0.5) is 5.69 Å². The third kappa shape index (κ3) is 1.74. The van der Waals surface area contributed by atoms with Crippen LogP contribution in [0.5, 0.6) is 0 Å². The van der Waals surface area contributed by atoms with E-state index in [1.807, 2.05) is 0 Å². The molecular formula is C15H20N4. The molecule has 2 aliphatic rings. The first-order valence-electron chi connectivity index (χ1n) is 7.20. The Balaban J connectivity index is 1.67. The van der Waals surface area contributed by atoms with E-state index in [2.05, 4.69) is 45.0 Å². The van der Waals surface area contributed by atoms with Gasteiger partial charge < -0.3 is 14.8 Å². The Morgan fingerprint density at radius 3 is 3.11 bits per heavy atom. The third-order valence-electron chi connectivity index (χ3n) is 4.91. The minimum absolute atomic E-state index is 0.725. The molecule has 1 N–H and O–H groups in total. The van der Waals surface area contributed by atoms with Crippen LogP contribution in [0.3, 0.4) is 0 Å². The zero-order chi connectivity index (χ0) is 12.8. The van der Waals surface area contributed by atoms with Gasteiger partial charge in [0.2, 0.25) is 0 Å². The Hall–Kier alpha value is -1.55. The number of nitrogens with one attached hydrogen (secondary N) is 1. The number of fused-ring (bicyclic) bond motifs is 2. The molecule has 0 amide bonds. The maximum absolute atomic E-state index is 4.49. The Morgan fingerprint density at radius 2 is 2.16 bits per heavy atom. The van der Waals surface area contributed by atoms with Crippen LogP contribution in [0.15, 0.2) is 24.5 Å². The molecule has 2 saturated heterocycles. The molecule has 0 aliphatic carbocycles. The monoisotopic (exact) mass is 256 g/mol. The van der Waals surface area contributed by atoms with Gasteiger partial charge in [0.15, 0.2) is 0 Å². The number of hydrogen-bond donors (Lipinski definition) is 1. The fourth-order valence-corrected chi connectivity index (χ4v) is 3.78. The number of likely N-dealkylation sites (N-methyl/N-ethyl adjacent to an activating group) is 1. The van der Waals surface area contributed by atoms with Crippen molar-refractivity contribution in [3.63, 3.8) is 0 Å². The number of imidazole rings is 1. The first-order chi connectivity index (χ1) is 9.33. The van der Waals surface area contributed by atoms with E-state index in [4.69, 9.17) is 0 Å². The lowest BCUT2D eigenvalue weighted by atomic mass is 9.92. The predicted octanol–water partition coefficient (Wildman–Crippen LogP) is 2.09. The highest BCUT2D eigenvalue weighted by Gasteiger charge is 2.36. The molecule has 4 nitrogen and oxygen atoms in total. The maximum Gasteiger partial charge on any atom is 0.112 e. The molecule has 2 unspecified atom stereocenters. The molecule has 0 saturated carbocycles. The standard InChI is InChI=1S/C15H20N4/c1-18-7-5-11-6-8-19(9-14(11)18)13-4-2-3-12-15(13)17-10-16-12/h2-4,10-11,14H,5-9H2,1H3,(H,16,17). The summed E-state index contributed by atoms with van der Waals surface area (Å²) in [5, 5.41) is 0. The zero-order valence-electron chi connectivity index (χ0n) is 11.3. The number of nitrogens with zero attached hydrogens (tertiary/aromatic N) is 3. The molecule has 2 atom stereocenters. The Morgan fingerprint density at radius 1 is 1.26 bits per heavy atom. The molecule has 0 bridgehead atoms. The zero-order valence-corrected chi connectivity index (χ0v) is 11.3. The van der Waals surface area contributed by atoms with Gasteiger partial charge in [-0.05, 0) is 44.5 Å². The van der Waals surface area contributed by atoms with Gasteiger partial charge in [-0.2, -0.15) is 0 Å². The summed E-state index contributed by atoms with van der Waals surface area (Å²) in [5.74, 6) is 0.902. The van der Waals surface area contributed by atoms with Crippen LogP contribution in [0.25, 0.3) is 11.0 Å². The largest absolute Gasteiger partial charge is 0.368 e. The van der Waals surface area contributed by atoms with Crippen molar-refractivity contribution < 1.29 is 0 Å². The lowest BCUT2D eigenvalue weighted by molar-refractivity contribution is 0.246. The fourth-order valence-electron chi connectivity index (χ4n) is 3.78. The summed E-state index contributed by atoms with van der Waals surface area (Å²) in [6.07, 6.45) is 4.49. The summed E-state index contributed by atoms with van der Waals surface area (Å²) in [6, 6.07) is 7.15. The van der Waals surface area contributed by atoms with Gasteiger partial charge in [0.25, 0.3) is 0 Å². The van der Waals surface area contributed by atoms with Gasteiger partial charge in [-0.1, -0.05) is 6.07 Å². The Kier molecular flexibility index (Phi) is 2.52. The van der Waals surface area contributed by atoms with Crippen LogP contribution >= 0.6 is 0 Å². The third-order valence-corrected chi connectivity index (χ3v) is 4.91. The molecule has 1 aromatic carbocycles. The second kappa shape index (κ2) is 4.23. The summed E-state index contributed by atoms with van der Waals surface area (Å²) in [4.78, 5) is 12.7. The topological polar surface area (TPSA) is 35.2 Å². The second-order valence-corrected chi connectivity index (χ2v) is 5.91. The van der Waals surface area contributed by atoms with Crippen LogP contribution in [-0.2, 0) is 0 Å². The first kappa shape index (κ1) is 11.3. The average molecular weight is 256 g/mol. The van der Waals surface area contributed by atoms with Gasteiger partial charge in [-0.25, -0.2) is 4.98 Å². The van der Waals surface area contributed by atoms with Gasteiger partial charge in [0.05, 0.1) is 17.5 Å². The van der Waals surface area contributed by atoms with Crippen molar-refractivity contribution in [3.05, 3.63) is 24.5 Å². The van der Waals surface area contributed by atoms with Gasteiger partial charge >= 0.3 is 0 Å². The minimum atomic E-state index is 0.725. The predicted molar refractivity (Wildman–Crippen MR) is 77.4 cm³/mol. The summed E-state index contributed by atoms with van der Waals surface area (Å²) < 4.78 is 0. The number of likely N-dealkylation sites (tertiary alicyclic amines) is 1. The number of H-pyrrole nitrogens is 1. The number of benzene rings is 1. The van der Waals surface area contributed by atoms with Crippen molar-refractivity contribution in [2.75, 3.05) is 31.6 Å². The van der Waals surface area contributed by atoms with Crippen molar-refractivity contribution >= 4 is 16.7 Å². The summed E-state index contributed by atoms with van der Waals surface area (Å²) in [6.45, 7) is 3.57. The number of anilines is 1. The van der Waals surface area contributed by atoms with E-state index >= 15 is 0 Å². The van der Waals surface area contributed by atoms with E-state index in [1.165, 1.54) is 31.6 Å². The van der Waals surface area contributed by atoms with Crippen molar-refractivity contribution in [2.45, 2.75) is 18.9 Å². The molecule has 3 heterocycles. The molecule has 19 heavy (non-hydrogen) atoms. The Bertz CT molecular complexity index is 591. The summed E-state index contributed by atoms with van der Waals surface area (Å²) >= 11 is 0. The SMILES string of the molecule is CN1CCC2CCN(c3cccc4[nH]cnc34)CC21. The molecule has 4 heteroatoms. The molecule has 2 aliphatic heterocycles. The van der Waals surface area contributed by atoms with Crippen LogP contribution in [-0.4, -0.2) is 47.6 Å². The smallest absolute Gasteiger partial charge is 0.112 e. The van der Waals surface area contributed by atoms with E-state index in [-0.39, 0.29) is 0 Å². The molecule has 1 aromatic heterocycles. The number of rotatable bonds is 1. The molecule has 2 aromatic rings. The highest BCUT2D eigenvalue weighted by molar-refractivity contribution is 5.88. The lowest BCUT2D eigenvalue weighted by Crippen LogP contribution is -2.47. The first-order valence-corrected chi connectivity index (χ1v) is 7.20. The van der Waals surface area contributed by atoms with Crippen LogP contribution in [0.2, 0.25) is 0 Å².